The average Bonchev–Trinajstić information content (AvgIpc) is 2.88. The standard InChI is InChI=1S/C12H18ClNO3S2/c1-2-10-9-17-8-7-14(10)19(15,16)12-4-3-11(18-12)5-6-13/h3-4,10H,2,5-9H2,1H3. The van der Waals surface area contributed by atoms with Crippen LogP contribution in [0.1, 0.15) is 18.2 Å². The monoisotopic (exact) mass is 323 g/mol. The number of morpholine rings is 1. The average molecular weight is 324 g/mol. The molecular weight excluding hydrogens is 306 g/mol. The maximum Gasteiger partial charge on any atom is 0.252 e. The molecule has 0 N–H and O–H groups in total. The van der Waals surface area contributed by atoms with Crippen molar-refractivity contribution in [2.24, 2.45) is 0 Å². The van der Waals surface area contributed by atoms with Crippen molar-refractivity contribution >= 4 is 33.0 Å². The molecule has 0 amide bonds. The van der Waals surface area contributed by atoms with E-state index >= 15 is 0 Å². The van der Waals surface area contributed by atoms with Gasteiger partial charge in [-0.3, -0.25) is 0 Å². The van der Waals surface area contributed by atoms with Crippen molar-refractivity contribution in [3.05, 3.63) is 17.0 Å². The second-order valence-corrected chi connectivity index (χ2v) is 8.08. The number of alkyl halides is 1. The molecule has 1 aliphatic heterocycles. The van der Waals surface area contributed by atoms with Crippen LogP contribution in [0.5, 0.6) is 0 Å². The summed E-state index contributed by atoms with van der Waals surface area (Å²) in [7, 11) is -3.39. The highest BCUT2D eigenvalue weighted by Gasteiger charge is 2.33. The van der Waals surface area contributed by atoms with Crippen molar-refractivity contribution < 1.29 is 13.2 Å². The van der Waals surface area contributed by atoms with Gasteiger partial charge < -0.3 is 4.74 Å². The fourth-order valence-electron chi connectivity index (χ4n) is 2.12. The molecule has 2 rings (SSSR count). The molecule has 1 aromatic heterocycles. The molecule has 0 aliphatic carbocycles. The SMILES string of the molecule is CCC1COCCN1S(=O)(=O)c1ccc(CCCl)s1. The predicted molar refractivity (Wildman–Crippen MR) is 77.5 cm³/mol. The Morgan fingerprint density at radius 3 is 3.00 bits per heavy atom. The number of hydrogen-bond acceptors (Lipinski definition) is 4. The topological polar surface area (TPSA) is 46.6 Å². The summed E-state index contributed by atoms with van der Waals surface area (Å²) >= 11 is 7.00. The van der Waals surface area contributed by atoms with E-state index in [1.165, 1.54) is 11.3 Å². The Balaban J connectivity index is 2.24. The summed E-state index contributed by atoms with van der Waals surface area (Å²) in [6, 6.07) is 3.48. The molecule has 4 nitrogen and oxygen atoms in total. The first kappa shape index (κ1) is 15.3. The van der Waals surface area contributed by atoms with Gasteiger partial charge in [-0.05, 0) is 25.0 Å². The number of ether oxygens (including phenoxy) is 1. The quantitative estimate of drug-likeness (QED) is 0.781. The van der Waals surface area contributed by atoms with Crippen molar-refractivity contribution in [1.82, 2.24) is 4.31 Å². The molecule has 108 valence electrons. The molecular formula is C12H18ClNO3S2. The molecule has 1 aliphatic rings. The third kappa shape index (κ3) is 3.31. The summed E-state index contributed by atoms with van der Waals surface area (Å²) in [6.07, 6.45) is 1.47. The summed E-state index contributed by atoms with van der Waals surface area (Å²) in [4.78, 5) is 1.01. The first-order valence-electron chi connectivity index (χ1n) is 6.34. The van der Waals surface area contributed by atoms with Crippen LogP contribution >= 0.6 is 22.9 Å². The summed E-state index contributed by atoms with van der Waals surface area (Å²) in [5.41, 5.74) is 0. The zero-order chi connectivity index (χ0) is 13.9. The molecule has 0 bridgehead atoms. The number of thiophene rings is 1. The second kappa shape index (κ2) is 6.54. The lowest BCUT2D eigenvalue weighted by Crippen LogP contribution is -2.48. The molecule has 0 radical (unpaired) electrons. The zero-order valence-electron chi connectivity index (χ0n) is 10.8. The first-order valence-corrected chi connectivity index (χ1v) is 9.13. The van der Waals surface area contributed by atoms with Gasteiger partial charge in [-0.2, -0.15) is 4.31 Å². The van der Waals surface area contributed by atoms with Crippen molar-refractivity contribution in [3.8, 4) is 0 Å². The lowest BCUT2D eigenvalue weighted by atomic mass is 10.2. The highest BCUT2D eigenvalue weighted by molar-refractivity contribution is 7.91. The number of hydrogen-bond donors (Lipinski definition) is 0. The molecule has 0 spiro atoms. The minimum Gasteiger partial charge on any atom is -0.378 e. The van der Waals surface area contributed by atoms with E-state index in [0.29, 0.717) is 36.3 Å². The van der Waals surface area contributed by atoms with Gasteiger partial charge in [-0.1, -0.05) is 6.92 Å². The van der Waals surface area contributed by atoms with E-state index in [2.05, 4.69) is 0 Å². The van der Waals surface area contributed by atoms with Gasteiger partial charge in [0.2, 0.25) is 0 Å². The molecule has 2 heterocycles. The van der Waals surface area contributed by atoms with Crippen LogP contribution in [-0.4, -0.2) is 44.4 Å². The Morgan fingerprint density at radius 2 is 2.32 bits per heavy atom. The normalized spacial score (nSPS) is 21.7. The van der Waals surface area contributed by atoms with Crippen LogP contribution < -0.4 is 0 Å². The smallest absolute Gasteiger partial charge is 0.252 e. The third-order valence-corrected chi connectivity index (χ3v) is 6.94. The predicted octanol–water partition coefficient (Wildman–Crippen LogP) is 2.33. The number of aryl methyl sites for hydroxylation is 1. The summed E-state index contributed by atoms with van der Waals surface area (Å²) in [5.74, 6) is 0.509. The molecule has 19 heavy (non-hydrogen) atoms. The summed E-state index contributed by atoms with van der Waals surface area (Å²) in [6.45, 7) is 3.37. The van der Waals surface area contributed by atoms with Crippen molar-refractivity contribution in [2.45, 2.75) is 30.0 Å². The molecule has 0 aromatic carbocycles. The van der Waals surface area contributed by atoms with E-state index in [0.717, 1.165) is 11.3 Å². The number of halogens is 1. The van der Waals surface area contributed by atoms with Gasteiger partial charge in [-0.25, -0.2) is 8.42 Å². The van der Waals surface area contributed by atoms with Gasteiger partial charge in [0, 0.05) is 23.3 Å². The minimum atomic E-state index is -3.39. The fourth-order valence-corrected chi connectivity index (χ4v) is 5.59. The second-order valence-electron chi connectivity index (χ2n) is 4.41. The number of nitrogens with zero attached hydrogens (tertiary/aromatic N) is 1. The maximum atomic E-state index is 12.6. The highest BCUT2D eigenvalue weighted by atomic mass is 35.5. The van der Waals surface area contributed by atoms with Crippen molar-refractivity contribution in [2.75, 3.05) is 25.6 Å². The number of sulfonamides is 1. The lowest BCUT2D eigenvalue weighted by Gasteiger charge is -2.33. The van der Waals surface area contributed by atoms with Gasteiger partial charge in [0.15, 0.2) is 0 Å². The third-order valence-electron chi connectivity index (χ3n) is 3.19. The molecule has 1 saturated heterocycles. The first-order chi connectivity index (χ1) is 9.09. The Hall–Kier alpha value is -0.140. The Morgan fingerprint density at radius 1 is 1.53 bits per heavy atom. The van der Waals surface area contributed by atoms with Gasteiger partial charge >= 0.3 is 0 Å². The Bertz CT molecular complexity index is 515. The van der Waals surface area contributed by atoms with Crippen LogP contribution in [0.2, 0.25) is 0 Å². The van der Waals surface area contributed by atoms with Gasteiger partial charge in [-0.15, -0.1) is 22.9 Å². The summed E-state index contributed by atoms with van der Waals surface area (Å²) in [5, 5.41) is 0. The van der Waals surface area contributed by atoms with Gasteiger partial charge in [0.1, 0.15) is 4.21 Å². The summed E-state index contributed by atoms with van der Waals surface area (Å²) < 4.78 is 32.6. The van der Waals surface area contributed by atoms with E-state index in [1.54, 1.807) is 10.4 Å². The van der Waals surface area contributed by atoms with E-state index in [9.17, 15) is 8.42 Å². The highest BCUT2D eigenvalue weighted by Crippen LogP contribution is 2.28. The Labute approximate surface area is 123 Å². The van der Waals surface area contributed by atoms with Crippen LogP contribution in [0, 0.1) is 0 Å². The van der Waals surface area contributed by atoms with Gasteiger partial charge in [0.05, 0.1) is 13.2 Å². The zero-order valence-corrected chi connectivity index (χ0v) is 13.2. The fraction of sp³-hybridized carbons (Fsp3) is 0.667. The van der Waals surface area contributed by atoms with Gasteiger partial charge in [0.25, 0.3) is 10.0 Å². The van der Waals surface area contributed by atoms with Crippen LogP contribution in [0.4, 0.5) is 0 Å². The molecule has 7 heteroatoms. The molecule has 1 aromatic rings. The van der Waals surface area contributed by atoms with Crippen LogP contribution in [0.15, 0.2) is 16.3 Å². The molecule has 1 atom stereocenters. The minimum absolute atomic E-state index is 0.0580. The van der Waals surface area contributed by atoms with Crippen molar-refractivity contribution in [1.29, 1.82) is 0 Å². The largest absolute Gasteiger partial charge is 0.378 e. The van der Waals surface area contributed by atoms with Crippen LogP contribution in [0.25, 0.3) is 0 Å². The van der Waals surface area contributed by atoms with E-state index in [4.69, 9.17) is 16.3 Å². The molecule has 1 fully saturated rings. The van der Waals surface area contributed by atoms with Crippen LogP contribution in [0.3, 0.4) is 0 Å². The van der Waals surface area contributed by atoms with E-state index < -0.39 is 10.0 Å². The van der Waals surface area contributed by atoms with E-state index in [-0.39, 0.29) is 6.04 Å². The molecule has 1 unspecified atom stereocenters. The van der Waals surface area contributed by atoms with Crippen molar-refractivity contribution in [3.63, 3.8) is 0 Å². The van der Waals surface area contributed by atoms with Crippen LogP contribution in [-0.2, 0) is 21.2 Å². The maximum absolute atomic E-state index is 12.6. The van der Waals surface area contributed by atoms with E-state index in [1.807, 2.05) is 13.0 Å². The Kier molecular flexibility index (Phi) is 5.25. The lowest BCUT2D eigenvalue weighted by molar-refractivity contribution is 0.0315. The number of rotatable bonds is 5. The molecule has 0 saturated carbocycles.